The summed E-state index contributed by atoms with van der Waals surface area (Å²) < 4.78 is 1.05. The molecular formula is C31H33BrCl3N3O2. The molecule has 1 N–H and O–H groups in total. The van der Waals surface area contributed by atoms with E-state index in [-0.39, 0.29) is 29.8 Å². The Balaban J connectivity index is 0.00000370. The van der Waals surface area contributed by atoms with Crippen molar-refractivity contribution < 1.29 is 9.59 Å². The highest BCUT2D eigenvalue weighted by atomic mass is 79.9. The zero-order chi connectivity index (χ0) is 27.4. The van der Waals surface area contributed by atoms with Crippen LogP contribution in [0.25, 0.3) is 0 Å². The first-order chi connectivity index (χ1) is 18.8. The van der Waals surface area contributed by atoms with Crippen LogP contribution in [-0.2, 0) is 11.3 Å². The lowest BCUT2D eigenvalue weighted by Gasteiger charge is -2.38. The highest BCUT2D eigenvalue weighted by Crippen LogP contribution is 2.42. The molecule has 212 valence electrons. The van der Waals surface area contributed by atoms with Gasteiger partial charge in [-0.3, -0.25) is 9.59 Å². The lowest BCUT2D eigenvalue weighted by Crippen LogP contribution is -2.45. The first-order valence-electron chi connectivity index (χ1n) is 13.4. The third-order valence-electron chi connectivity index (χ3n) is 8.12. The predicted molar refractivity (Wildman–Crippen MR) is 167 cm³/mol. The summed E-state index contributed by atoms with van der Waals surface area (Å²) in [4.78, 5) is 31.0. The standard InChI is InChI=1S/C31H32BrCl2N3O2.ClH/c32-25-9-6-22(7-10-25)21-37-19-15-31(30(37)39)13-17-36(18-14-31)16-12-28(23-4-2-1-3-5-23)35-29(38)24-8-11-26(33)27(34)20-24;/h1-11,20,28H,12-19,21H2,(H,35,38);1H. The van der Waals surface area contributed by atoms with Crippen molar-refractivity contribution in [1.29, 1.82) is 0 Å². The zero-order valence-electron chi connectivity index (χ0n) is 22.1. The molecular weight excluding hydrogens is 633 g/mol. The Morgan fingerprint density at radius 1 is 0.925 bits per heavy atom. The van der Waals surface area contributed by atoms with E-state index in [0.29, 0.717) is 28.1 Å². The van der Waals surface area contributed by atoms with Gasteiger partial charge in [0.25, 0.3) is 5.91 Å². The van der Waals surface area contributed by atoms with Crippen molar-refractivity contribution in [2.45, 2.75) is 38.3 Å². The number of nitrogens with zero attached hydrogens (tertiary/aromatic N) is 2. The van der Waals surface area contributed by atoms with Crippen molar-refractivity contribution in [3.8, 4) is 0 Å². The molecule has 2 fully saturated rings. The fourth-order valence-corrected chi connectivity index (χ4v) is 6.28. The van der Waals surface area contributed by atoms with Gasteiger partial charge in [-0.25, -0.2) is 0 Å². The van der Waals surface area contributed by atoms with Crippen LogP contribution in [0.1, 0.15) is 53.2 Å². The molecule has 0 saturated carbocycles. The molecule has 0 radical (unpaired) electrons. The highest BCUT2D eigenvalue weighted by molar-refractivity contribution is 9.10. The van der Waals surface area contributed by atoms with Gasteiger partial charge in [-0.1, -0.05) is 81.6 Å². The van der Waals surface area contributed by atoms with Gasteiger partial charge in [0.2, 0.25) is 5.91 Å². The highest BCUT2D eigenvalue weighted by Gasteiger charge is 2.47. The molecule has 1 atom stereocenters. The average molecular weight is 666 g/mol. The Bertz CT molecular complexity index is 1320. The van der Waals surface area contributed by atoms with E-state index in [1.807, 2.05) is 47.4 Å². The summed E-state index contributed by atoms with van der Waals surface area (Å²) in [5.41, 5.74) is 2.48. The van der Waals surface area contributed by atoms with Crippen LogP contribution in [0.15, 0.2) is 77.3 Å². The van der Waals surface area contributed by atoms with Crippen LogP contribution >= 0.6 is 51.5 Å². The summed E-state index contributed by atoms with van der Waals surface area (Å²) >= 11 is 15.7. The second-order valence-electron chi connectivity index (χ2n) is 10.6. The molecule has 2 saturated heterocycles. The number of amides is 2. The lowest BCUT2D eigenvalue weighted by molar-refractivity contribution is -0.138. The van der Waals surface area contributed by atoms with Gasteiger partial charge < -0.3 is 15.1 Å². The number of piperidine rings is 1. The number of likely N-dealkylation sites (tertiary alicyclic amines) is 2. The van der Waals surface area contributed by atoms with Crippen LogP contribution < -0.4 is 5.32 Å². The molecule has 2 aliphatic heterocycles. The number of nitrogens with one attached hydrogen (secondary N) is 1. The van der Waals surface area contributed by atoms with Crippen LogP contribution in [0.2, 0.25) is 10.0 Å². The van der Waals surface area contributed by atoms with Crippen molar-refractivity contribution in [2.75, 3.05) is 26.2 Å². The van der Waals surface area contributed by atoms with Crippen LogP contribution in [-0.4, -0.2) is 47.8 Å². The van der Waals surface area contributed by atoms with Crippen molar-refractivity contribution in [2.24, 2.45) is 5.41 Å². The molecule has 40 heavy (non-hydrogen) atoms. The zero-order valence-corrected chi connectivity index (χ0v) is 26.0. The van der Waals surface area contributed by atoms with E-state index in [2.05, 4.69) is 38.3 Å². The number of carbonyl (C=O) groups is 2. The summed E-state index contributed by atoms with van der Waals surface area (Å²) in [6.45, 7) is 4.12. The Kier molecular flexibility index (Phi) is 10.6. The summed E-state index contributed by atoms with van der Waals surface area (Å²) in [6.07, 6.45) is 3.47. The van der Waals surface area contributed by atoms with Crippen molar-refractivity contribution in [3.05, 3.63) is 104 Å². The third kappa shape index (κ3) is 7.21. The Labute approximate surface area is 260 Å². The number of halogens is 4. The number of carbonyl (C=O) groups excluding carboxylic acids is 2. The molecule has 5 rings (SSSR count). The predicted octanol–water partition coefficient (Wildman–Crippen LogP) is 7.55. The van der Waals surface area contributed by atoms with Gasteiger partial charge in [0.05, 0.1) is 21.5 Å². The third-order valence-corrected chi connectivity index (χ3v) is 9.39. The van der Waals surface area contributed by atoms with Gasteiger partial charge >= 0.3 is 0 Å². The second-order valence-corrected chi connectivity index (χ2v) is 12.3. The van der Waals surface area contributed by atoms with Crippen LogP contribution in [0.5, 0.6) is 0 Å². The average Bonchev–Trinajstić information content (AvgIpc) is 3.24. The van der Waals surface area contributed by atoms with E-state index < -0.39 is 0 Å². The van der Waals surface area contributed by atoms with Crippen LogP contribution in [0.3, 0.4) is 0 Å². The van der Waals surface area contributed by atoms with Crippen molar-refractivity contribution in [3.63, 3.8) is 0 Å². The fourth-order valence-electron chi connectivity index (χ4n) is 5.72. The number of benzene rings is 3. The first-order valence-corrected chi connectivity index (χ1v) is 14.9. The maximum absolute atomic E-state index is 13.4. The Morgan fingerprint density at radius 3 is 2.27 bits per heavy atom. The largest absolute Gasteiger partial charge is 0.345 e. The molecule has 1 unspecified atom stereocenters. The van der Waals surface area contributed by atoms with Crippen LogP contribution in [0.4, 0.5) is 0 Å². The van der Waals surface area contributed by atoms with E-state index in [1.165, 1.54) is 0 Å². The summed E-state index contributed by atoms with van der Waals surface area (Å²) in [5.74, 6) is 0.128. The van der Waals surface area contributed by atoms with Crippen molar-refractivity contribution >= 4 is 63.4 Å². The number of rotatable bonds is 8. The van der Waals surface area contributed by atoms with Gasteiger partial charge in [-0.2, -0.15) is 0 Å². The topological polar surface area (TPSA) is 52.7 Å². The minimum Gasteiger partial charge on any atom is -0.345 e. The quantitative estimate of drug-likeness (QED) is 0.270. The normalized spacial score (nSPS) is 17.5. The first kappa shape index (κ1) is 30.9. The molecule has 9 heteroatoms. The Morgan fingerprint density at radius 2 is 1.60 bits per heavy atom. The minimum absolute atomic E-state index is 0. The van der Waals surface area contributed by atoms with Gasteiger partial charge in [-0.15, -0.1) is 12.4 Å². The summed E-state index contributed by atoms with van der Waals surface area (Å²) in [6, 6.07) is 23.0. The SMILES string of the molecule is Cl.O=C(NC(CCN1CCC2(CC1)CCN(Cc1ccc(Br)cc1)C2=O)c1ccccc1)c1ccc(Cl)c(Cl)c1. The van der Waals surface area contributed by atoms with Crippen LogP contribution in [0, 0.1) is 5.41 Å². The molecule has 0 aliphatic carbocycles. The molecule has 0 bridgehead atoms. The maximum atomic E-state index is 13.4. The van der Waals surface area contributed by atoms with E-state index in [1.54, 1.807) is 18.2 Å². The summed E-state index contributed by atoms with van der Waals surface area (Å²) in [5, 5.41) is 3.98. The number of hydrogen-bond acceptors (Lipinski definition) is 3. The number of hydrogen-bond donors (Lipinski definition) is 1. The Hall–Kier alpha value is -2.09. The molecule has 1 spiro atoms. The fraction of sp³-hybridized carbons (Fsp3) is 0.355. The van der Waals surface area contributed by atoms with E-state index >= 15 is 0 Å². The molecule has 2 aliphatic rings. The smallest absolute Gasteiger partial charge is 0.251 e. The monoisotopic (exact) mass is 663 g/mol. The maximum Gasteiger partial charge on any atom is 0.251 e. The second kappa shape index (κ2) is 13.7. The molecule has 2 amide bonds. The van der Waals surface area contributed by atoms with Gasteiger partial charge in [0.1, 0.15) is 0 Å². The van der Waals surface area contributed by atoms with Gasteiger partial charge in [0.15, 0.2) is 0 Å². The van der Waals surface area contributed by atoms with E-state index in [0.717, 1.165) is 67.5 Å². The molecule has 0 aromatic heterocycles. The lowest BCUT2D eigenvalue weighted by atomic mass is 9.77. The minimum atomic E-state index is -0.229. The van der Waals surface area contributed by atoms with Gasteiger partial charge in [-0.05, 0) is 80.2 Å². The molecule has 2 heterocycles. The summed E-state index contributed by atoms with van der Waals surface area (Å²) in [7, 11) is 0. The van der Waals surface area contributed by atoms with Gasteiger partial charge in [0, 0.05) is 29.7 Å². The van der Waals surface area contributed by atoms with E-state index in [4.69, 9.17) is 23.2 Å². The van der Waals surface area contributed by atoms with E-state index in [9.17, 15) is 9.59 Å². The molecule has 5 nitrogen and oxygen atoms in total. The molecule has 3 aromatic rings. The van der Waals surface area contributed by atoms with Crippen molar-refractivity contribution in [1.82, 2.24) is 15.1 Å². The molecule has 3 aromatic carbocycles.